The highest BCUT2D eigenvalue weighted by molar-refractivity contribution is 5.81. The first-order chi connectivity index (χ1) is 5.16. The van der Waals surface area contributed by atoms with Gasteiger partial charge in [-0.25, -0.2) is 4.79 Å². The molecule has 1 unspecified atom stereocenters. The van der Waals surface area contributed by atoms with Crippen LogP contribution in [0.3, 0.4) is 0 Å². The molecular weight excluding hydrogens is 144 g/mol. The highest BCUT2D eigenvalue weighted by Crippen LogP contribution is 2.25. The second-order valence-corrected chi connectivity index (χ2v) is 2.86. The topological polar surface area (TPSA) is 35.5 Å². The van der Waals surface area contributed by atoms with Crippen molar-refractivity contribution in [1.82, 2.24) is 0 Å². The van der Waals surface area contributed by atoms with E-state index in [-0.39, 0.29) is 11.6 Å². The fourth-order valence-corrected chi connectivity index (χ4v) is 0.847. The molecule has 1 saturated heterocycles. The molecule has 0 radical (unpaired) electrons. The van der Waals surface area contributed by atoms with Crippen molar-refractivity contribution in [2.24, 2.45) is 0 Å². The van der Waals surface area contributed by atoms with Crippen LogP contribution in [0.2, 0.25) is 0 Å². The minimum Gasteiger partial charge on any atom is -0.459 e. The lowest BCUT2D eigenvalue weighted by molar-refractivity contribution is -0.177. The van der Waals surface area contributed by atoms with Gasteiger partial charge in [-0.05, 0) is 6.92 Å². The number of ether oxygens (including phenoxy) is 2. The molecule has 0 spiro atoms. The molecule has 1 heterocycles. The normalized spacial score (nSPS) is 28.8. The van der Waals surface area contributed by atoms with Gasteiger partial charge in [-0.15, -0.1) is 0 Å². The summed E-state index contributed by atoms with van der Waals surface area (Å²) in [6.07, 6.45) is 2.11. The van der Waals surface area contributed by atoms with Gasteiger partial charge in [0.1, 0.15) is 12.2 Å². The van der Waals surface area contributed by atoms with E-state index in [0.29, 0.717) is 6.61 Å². The third-order valence-corrected chi connectivity index (χ3v) is 1.77. The number of hydrogen-bond donors (Lipinski definition) is 0. The van der Waals surface area contributed by atoms with E-state index in [1.165, 1.54) is 0 Å². The van der Waals surface area contributed by atoms with Crippen LogP contribution < -0.4 is 0 Å². The number of carbonyl (C=O) groups excluding carboxylic acids is 1. The number of rotatable bonds is 3. The Morgan fingerprint density at radius 2 is 2.55 bits per heavy atom. The second-order valence-electron chi connectivity index (χ2n) is 2.86. The Balaban J connectivity index is 2.21. The van der Waals surface area contributed by atoms with Crippen LogP contribution in [-0.4, -0.2) is 24.8 Å². The van der Waals surface area contributed by atoms with Gasteiger partial charge in [-0.1, -0.05) is 6.58 Å². The Morgan fingerprint density at radius 3 is 2.91 bits per heavy atom. The predicted octanol–water partition coefficient (Wildman–Crippen LogP) is 0.895. The molecule has 1 fully saturated rings. The van der Waals surface area contributed by atoms with Gasteiger partial charge in [0.05, 0.1) is 6.61 Å². The van der Waals surface area contributed by atoms with Crippen molar-refractivity contribution in [2.75, 3.05) is 13.2 Å². The van der Waals surface area contributed by atoms with Crippen LogP contribution in [0.25, 0.3) is 0 Å². The molecule has 0 aromatic rings. The molecule has 0 aliphatic carbocycles. The van der Waals surface area contributed by atoms with E-state index < -0.39 is 0 Å². The molecule has 1 aliphatic heterocycles. The third kappa shape index (κ3) is 2.05. The Hall–Kier alpha value is -0.830. The van der Waals surface area contributed by atoms with Gasteiger partial charge in [0, 0.05) is 12.5 Å². The Morgan fingerprint density at radius 1 is 1.91 bits per heavy atom. The van der Waals surface area contributed by atoms with Crippen molar-refractivity contribution >= 4 is 5.97 Å². The summed E-state index contributed by atoms with van der Waals surface area (Å²) >= 11 is 0. The van der Waals surface area contributed by atoms with Gasteiger partial charge in [-0.2, -0.15) is 0 Å². The van der Waals surface area contributed by atoms with E-state index in [9.17, 15) is 4.79 Å². The zero-order valence-corrected chi connectivity index (χ0v) is 6.63. The molecule has 0 N–H and O–H groups in total. The molecule has 0 aromatic carbocycles. The first-order valence-electron chi connectivity index (χ1n) is 3.59. The second kappa shape index (κ2) is 3.05. The van der Waals surface area contributed by atoms with E-state index in [1.807, 2.05) is 6.92 Å². The highest BCUT2D eigenvalue weighted by Gasteiger charge is 2.34. The van der Waals surface area contributed by atoms with Gasteiger partial charge in [0.15, 0.2) is 0 Å². The Kier molecular flexibility index (Phi) is 2.29. The molecule has 0 bridgehead atoms. The summed E-state index contributed by atoms with van der Waals surface area (Å²) in [6.45, 7) is 6.31. The van der Waals surface area contributed by atoms with E-state index in [0.717, 1.165) is 19.1 Å². The summed E-state index contributed by atoms with van der Waals surface area (Å²) in [5, 5.41) is 0. The van der Waals surface area contributed by atoms with E-state index in [4.69, 9.17) is 9.47 Å². The average Bonchev–Trinajstić information content (AvgIpc) is 1.96. The molecule has 11 heavy (non-hydrogen) atoms. The van der Waals surface area contributed by atoms with Crippen molar-refractivity contribution in [2.45, 2.75) is 18.9 Å². The zero-order chi connectivity index (χ0) is 8.32. The number of carbonyl (C=O) groups is 1. The smallest absolute Gasteiger partial charge is 0.330 e. The Bertz CT molecular complexity index is 170. The minimum atomic E-state index is -0.387. The quantitative estimate of drug-likeness (QED) is 0.449. The maximum Gasteiger partial charge on any atom is 0.330 e. The fourth-order valence-electron chi connectivity index (χ4n) is 0.847. The van der Waals surface area contributed by atoms with Crippen LogP contribution >= 0.6 is 0 Å². The molecule has 1 rings (SSSR count). The molecular formula is C8H12O3. The summed E-state index contributed by atoms with van der Waals surface area (Å²) < 4.78 is 10.0. The van der Waals surface area contributed by atoms with Crippen molar-refractivity contribution < 1.29 is 14.3 Å². The standard InChI is InChI=1S/C8H12O3/c1-3-7(9)10-6-8(2)4-5-11-8/h3H,1,4-6H2,2H3. The molecule has 1 aliphatic rings. The molecule has 62 valence electrons. The lowest BCUT2D eigenvalue weighted by atomic mass is 9.99. The van der Waals surface area contributed by atoms with Gasteiger partial charge in [0.2, 0.25) is 0 Å². The van der Waals surface area contributed by atoms with Gasteiger partial charge in [-0.3, -0.25) is 0 Å². The van der Waals surface area contributed by atoms with Crippen molar-refractivity contribution in [3.63, 3.8) is 0 Å². The monoisotopic (exact) mass is 156 g/mol. The molecule has 0 amide bonds. The maximum atomic E-state index is 10.6. The van der Waals surface area contributed by atoms with E-state index in [2.05, 4.69) is 6.58 Å². The fraction of sp³-hybridized carbons (Fsp3) is 0.625. The van der Waals surface area contributed by atoms with Crippen LogP contribution in [0.1, 0.15) is 13.3 Å². The minimum absolute atomic E-state index is 0.237. The number of esters is 1. The summed E-state index contributed by atoms with van der Waals surface area (Å²) in [6, 6.07) is 0. The lowest BCUT2D eigenvalue weighted by Gasteiger charge is -2.37. The summed E-state index contributed by atoms with van der Waals surface area (Å²) in [4.78, 5) is 10.6. The summed E-state index contributed by atoms with van der Waals surface area (Å²) in [5.74, 6) is -0.387. The molecule has 3 heteroatoms. The summed E-state index contributed by atoms with van der Waals surface area (Å²) in [5.41, 5.74) is -0.237. The molecule has 0 aromatic heterocycles. The van der Waals surface area contributed by atoms with Crippen molar-refractivity contribution in [3.8, 4) is 0 Å². The van der Waals surface area contributed by atoms with Crippen LogP contribution in [-0.2, 0) is 14.3 Å². The zero-order valence-electron chi connectivity index (χ0n) is 6.63. The molecule has 0 saturated carbocycles. The van der Waals surface area contributed by atoms with Crippen LogP contribution in [0, 0.1) is 0 Å². The van der Waals surface area contributed by atoms with Crippen LogP contribution in [0.5, 0.6) is 0 Å². The maximum absolute atomic E-state index is 10.6. The van der Waals surface area contributed by atoms with Gasteiger partial charge in [0.25, 0.3) is 0 Å². The lowest BCUT2D eigenvalue weighted by Crippen LogP contribution is -2.45. The summed E-state index contributed by atoms with van der Waals surface area (Å²) in [7, 11) is 0. The molecule has 1 atom stereocenters. The SMILES string of the molecule is C=CC(=O)OCC1(C)CCO1. The van der Waals surface area contributed by atoms with Gasteiger partial charge < -0.3 is 9.47 Å². The van der Waals surface area contributed by atoms with E-state index >= 15 is 0 Å². The third-order valence-electron chi connectivity index (χ3n) is 1.77. The number of hydrogen-bond acceptors (Lipinski definition) is 3. The van der Waals surface area contributed by atoms with E-state index in [1.54, 1.807) is 0 Å². The van der Waals surface area contributed by atoms with Crippen LogP contribution in [0.4, 0.5) is 0 Å². The average molecular weight is 156 g/mol. The largest absolute Gasteiger partial charge is 0.459 e. The molecule has 3 nitrogen and oxygen atoms in total. The first-order valence-corrected chi connectivity index (χ1v) is 3.59. The van der Waals surface area contributed by atoms with Crippen molar-refractivity contribution in [1.29, 1.82) is 0 Å². The first kappa shape index (κ1) is 8.27. The van der Waals surface area contributed by atoms with Crippen molar-refractivity contribution in [3.05, 3.63) is 12.7 Å². The highest BCUT2D eigenvalue weighted by atomic mass is 16.6. The van der Waals surface area contributed by atoms with Gasteiger partial charge >= 0.3 is 5.97 Å². The Labute approximate surface area is 66.0 Å². The predicted molar refractivity (Wildman–Crippen MR) is 40.1 cm³/mol. The van der Waals surface area contributed by atoms with Crippen LogP contribution in [0.15, 0.2) is 12.7 Å².